The van der Waals surface area contributed by atoms with E-state index in [9.17, 15) is 19.3 Å². The van der Waals surface area contributed by atoms with Crippen LogP contribution in [0.5, 0.6) is 0 Å². The van der Waals surface area contributed by atoms with E-state index >= 15 is 0 Å². The summed E-state index contributed by atoms with van der Waals surface area (Å²) < 4.78 is 13.3. The number of hydrogen-bond donors (Lipinski definition) is 0. The molecule has 0 saturated heterocycles. The van der Waals surface area contributed by atoms with Gasteiger partial charge >= 0.3 is 0 Å². The zero-order valence-electron chi connectivity index (χ0n) is 11.1. The number of ketones is 1. The minimum atomic E-state index is -0.540. The van der Waals surface area contributed by atoms with Gasteiger partial charge in [-0.05, 0) is 30.5 Å². The number of halogens is 1. The fraction of sp³-hybridized carbons (Fsp3) is 0.188. The molecule has 0 heterocycles. The number of carbonyl (C=O) groups excluding carboxylic acids is 1. The van der Waals surface area contributed by atoms with Gasteiger partial charge in [0.2, 0.25) is 0 Å². The van der Waals surface area contributed by atoms with E-state index in [1.807, 2.05) is 12.1 Å². The Hall–Kier alpha value is -2.56. The fourth-order valence-electron chi connectivity index (χ4n) is 2.84. The molecule has 0 spiro atoms. The second kappa shape index (κ2) is 5.09. The SMILES string of the molecule is O=C1c2ccccc2CC1Cc1cc(F)ccc1[N+](=O)[O-]. The number of nitro groups is 1. The molecule has 5 heteroatoms. The number of benzene rings is 2. The van der Waals surface area contributed by atoms with Crippen molar-refractivity contribution in [2.24, 2.45) is 5.92 Å². The quantitative estimate of drug-likeness (QED) is 0.642. The minimum absolute atomic E-state index is 0.0239. The van der Waals surface area contributed by atoms with Crippen LogP contribution in [-0.4, -0.2) is 10.7 Å². The second-order valence-corrected chi connectivity index (χ2v) is 5.16. The van der Waals surface area contributed by atoms with Gasteiger partial charge in [-0.2, -0.15) is 0 Å². The van der Waals surface area contributed by atoms with Crippen molar-refractivity contribution >= 4 is 11.5 Å². The first kappa shape index (κ1) is 13.4. The van der Waals surface area contributed by atoms with Crippen LogP contribution in [0.4, 0.5) is 10.1 Å². The lowest BCUT2D eigenvalue weighted by Gasteiger charge is -2.08. The molecule has 0 radical (unpaired) electrons. The molecule has 1 atom stereocenters. The summed E-state index contributed by atoms with van der Waals surface area (Å²) in [5.41, 5.74) is 1.75. The Morgan fingerprint density at radius 3 is 2.71 bits per heavy atom. The normalized spacial score (nSPS) is 16.8. The summed E-state index contributed by atoms with van der Waals surface area (Å²) in [5.74, 6) is -0.911. The third-order valence-electron chi connectivity index (χ3n) is 3.82. The van der Waals surface area contributed by atoms with Gasteiger partial charge in [-0.25, -0.2) is 4.39 Å². The lowest BCUT2D eigenvalue weighted by Crippen LogP contribution is -2.13. The maximum Gasteiger partial charge on any atom is 0.272 e. The molecule has 4 nitrogen and oxygen atoms in total. The van der Waals surface area contributed by atoms with Gasteiger partial charge < -0.3 is 0 Å². The summed E-state index contributed by atoms with van der Waals surface area (Å²) in [6.45, 7) is 0. The maximum atomic E-state index is 13.3. The highest BCUT2D eigenvalue weighted by Gasteiger charge is 2.31. The van der Waals surface area contributed by atoms with E-state index < -0.39 is 10.7 Å². The van der Waals surface area contributed by atoms with Crippen molar-refractivity contribution in [1.29, 1.82) is 0 Å². The molecule has 106 valence electrons. The molecule has 0 bridgehead atoms. The van der Waals surface area contributed by atoms with Gasteiger partial charge in [0, 0.05) is 23.1 Å². The van der Waals surface area contributed by atoms with Crippen molar-refractivity contribution in [1.82, 2.24) is 0 Å². The molecule has 2 aromatic rings. The van der Waals surface area contributed by atoms with Crippen LogP contribution >= 0.6 is 0 Å². The zero-order valence-corrected chi connectivity index (χ0v) is 11.1. The van der Waals surface area contributed by atoms with E-state index in [0.717, 1.165) is 23.8 Å². The van der Waals surface area contributed by atoms with Crippen LogP contribution in [0, 0.1) is 21.8 Å². The number of fused-ring (bicyclic) bond motifs is 1. The van der Waals surface area contributed by atoms with Gasteiger partial charge in [-0.15, -0.1) is 0 Å². The highest BCUT2D eigenvalue weighted by molar-refractivity contribution is 6.02. The van der Waals surface area contributed by atoms with Crippen molar-refractivity contribution in [2.45, 2.75) is 12.8 Å². The molecular formula is C16H12FNO3. The van der Waals surface area contributed by atoms with Gasteiger partial charge in [0.05, 0.1) is 4.92 Å². The Morgan fingerprint density at radius 1 is 1.24 bits per heavy atom. The average Bonchev–Trinajstić information content (AvgIpc) is 2.76. The number of Topliss-reactive ketones (excluding diaryl/α,β-unsaturated/α-hetero) is 1. The van der Waals surface area contributed by atoms with Crippen molar-refractivity contribution < 1.29 is 14.1 Å². The third kappa shape index (κ3) is 2.42. The first-order valence-corrected chi connectivity index (χ1v) is 6.61. The molecule has 0 fully saturated rings. The molecule has 1 aliphatic rings. The molecule has 21 heavy (non-hydrogen) atoms. The van der Waals surface area contributed by atoms with Crippen LogP contribution in [0.2, 0.25) is 0 Å². The second-order valence-electron chi connectivity index (χ2n) is 5.16. The van der Waals surface area contributed by atoms with Crippen molar-refractivity contribution in [2.75, 3.05) is 0 Å². The summed E-state index contributed by atoms with van der Waals surface area (Å²) in [5, 5.41) is 11.0. The number of nitro benzene ring substituents is 1. The Labute approximate surface area is 120 Å². The highest BCUT2D eigenvalue weighted by atomic mass is 19.1. The number of hydrogen-bond acceptors (Lipinski definition) is 3. The van der Waals surface area contributed by atoms with Crippen LogP contribution in [0.15, 0.2) is 42.5 Å². The number of nitrogens with zero attached hydrogens (tertiary/aromatic N) is 1. The van der Waals surface area contributed by atoms with Crippen molar-refractivity contribution in [3.63, 3.8) is 0 Å². The molecule has 1 aliphatic carbocycles. The Kier molecular flexibility index (Phi) is 3.25. The lowest BCUT2D eigenvalue weighted by molar-refractivity contribution is -0.385. The van der Waals surface area contributed by atoms with E-state index in [1.165, 1.54) is 0 Å². The standard InChI is InChI=1S/C16H12FNO3/c17-13-5-6-15(18(20)21)11(9-13)8-12-7-10-3-1-2-4-14(10)16(12)19/h1-6,9,12H,7-8H2. The maximum absolute atomic E-state index is 13.3. The molecule has 3 rings (SSSR count). The molecule has 0 N–H and O–H groups in total. The van der Waals surface area contributed by atoms with Gasteiger partial charge in [0.1, 0.15) is 5.82 Å². The van der Waals surface area contributed by atoms with Crippen LogP contribution in [0.1, 0.15) is 21.5 Å². The fourth-order valence-corrected chi connectivity index (χ4v) is 2.84. The number of rotatable bonds is 3. The zero-order chi connectivity index (χ0) is 15.0. The molecule has 2 aromatic carbocycles. The topological polar surface area (TPSA) is 60.2 Å². The van der Waals surface area contributed by atoms with E-state index in [2.05, 4.69) is 0 Å². The molecule has 0 saturated carbocycles. The van der Waals surface area contributed by atoms with Gasteiger partial charge in [-0.1, -0.05) is 24.3 Å². The summed E-state index contributed by atoms with van der Waals surface area (Å²) >= 11 is 0. The highest BCUT2D eigenvalue weighted by Crippen LogP contribution is 2.31. The summed E-state index contributed by atoms with van der Waals surface area (Å²) in [6.07, 6.45) is 0.726. The molecule has 1 unspecified atom stereocenters. The lowest BCUT2D eigenvalue weighted by atomic mass is 9.94. The Morgan fingerprint density at radius 2 is 2.00 bits per heavy atom. The average molecular weight is 285 g/mol. The van der Waals surface area contributed by atoms with Crippen LogP contribution in [-0.2, 0) is 12.8 Å². The predicted molar refractivity (Wildman–Crippen MR) is 74.7 cm³/mol. The molecule has 0 aromatic heterocycles. The van der Waals surface area contributed by atoms with E-state index in [0.29, 0.717) is 12.0 Å². The predicted octanol–water partition coefficient (Wildman–Crippen LogP) is 3.33. The monoisotopic (exact) mass is 285 g/mol. The smallest absolute Gasteiger partial charge is 0.272 e. The van der Waals surface area contributed by atoms with Gasteiger partial charge in [0.25, 0.3) is 5.69 Å². The van der Waals surface area contributed by atoms with Crippen molar-refractivity contribution in [3.05, 3.63) is 75.1 Å². The summed E-state index contributed by atoms with van der Waals surface area (Å²) in [6, 6.07) is 10.7. The summed E-state index contributed by atoms with van der Waals surface area (Å²) in [7, 11) is 0. The van der Waals surface area contributed by atoms with E-state index in [4.69, 9.17) is 0 Å². The Bertz CT molecular complexity index is 742. The van der Waals surface area contributed by atoms with Crippen LogP contribution in [0.3, 0.4) is 0 Å². The van der Waals surface area contributed by atoms with Crippen molar-refractivity contribution in [3.8, 4) is 0 Å². The first-order valence-electron chi connectivity index (χ1n) is 6.61. The molecular weight excluding hydrogens is 273 g/mol. The molecule has 0 aliphatic heterocycles. The molecule has 0 amide bonds. The number of carbonyl (C=O) groups is 1. The van der Waals surface area contributed by atoms with E-state index in [-0.39, 0.29) is 29.4 Å². The Balaban J connectivity index is 1.91. The minimum Gasteiger partial charge on any atom is -0.294 e. The van der Waals surface area contributed by atoms with Crippen LogP contribution < -0.4 is 0 Å². The largest absolute Gasteiger partial charge is 0.294 e. The van der Waals surface area contributed by atoms with Gasteiger partial charge in [0.15, 0.2) is 5.78 Å². The van der Waals surface area contributed by atoms with Gasteiger partial charge in [-0.3, -0.25) is 14.9 Å². The van der Waals surface area contributed by atoms with E-state index in [1.54, 1.807) is 12.1 Å². The first-order chi connectivity index (χ1) is 10.1. The summed E-state index contributed by atoms with van der Waals surface area (Å²) in [4.78, 5) is 22.8. The third-order valence-corrected chi connectivity index (χ3v) is 3.82. The van der Waals surface area contributed by atoms with Crippen LogP contribution in [0.25, 0.3) is 0 Å².